The van der Waals surface area contributed by atoms with Crippen molar-refractivity contribution < 1.29 is 53.1 Å². The summed E-state index contributed by atoms with van der Waals surface area (Å²) < 4.78 is 0. The minimum atomic E-state index is -1.24. The second kappa shape index (κ2) is 22.0. The SMILES string of the molecule is CC[C@H](C)[C@H](NC(=O)[C@@H]1CCCN1C(=O)CNC(=O)[C@@H]1CCCN1C(=O)[C@H](CC(C)C)NC(=O)CNC(=O)[C@@H](N)CC(N)=O)C(=O)NCC(=O)N1CCC[C@H]1C(=O)O. The molecule has 3 fully saturated rings. The van der Waals surface area contributed by atoms with Crippen LogP contribution in [-0.2, 0) is 47.9 Å². The number of rotatable bonds is 20. The molecule has 3 aliphatic rings. The number of nitrogens with one attached hydrogen (secondary N) is 5. The molecule has 3 heterocycles. The Morgan fingerprint density at radius 3 is 1.76 bits per heavy atom. The van der Waals surface area contributed by atoms with E-state index in [1.54, 1.807) is 6.92 Å². The quantitative estimate of drug-likeness (QED) is 0.0598. The molecule has 3 rings (SSSR count). The number of hydrogen-bond acceptors (Lipinski definition) is 11. The van der Waals surface area contributed by atoms with E-state index >= 15 is 0 Å². The Bertz CT molecular complexity index is 1580. The number of aliphatic carboxylic acids is 1. The minimum Gasteiger partial charge on any atom is -0.480 e. The first-order valence-corrected chi connectivity index (χ1v) is 19.9. The summed E-state index contributed by atoms with van der Waals surface area (Å²) in [6, 6.07) is -6.14. The molecule has 0 aliphatic carbocycles. The molecule has 3 saturated heterocycles. The van der Waals surface area contributed by atoms with Crippen LogP contribution < -0.4 is 38.1 Å². The van der Waals surface area contributed by atoms with E-state index in [4.69, 9.17) is 11.5 Å². The van der Waals surface area contributed by atoms with Crippen LogP contribution in [0.5, 0.6) is 0 Å². The number of carbonyl (C=O) groups excluding carboxylic acids is 9. The average molecular weight is 821 g/mol. The van der Waals surface area contributed by atoms with Crippen LogP contribution >= 0.6 is 0 Å². The lowest BCUT2D eigenvalue weighted by atomic mass is 9.97. The predicted octanol–water partition coefficient (Wildman–Crippen LogP) is -3.34. The average Bonchev–Trinajstić information content (AvgIpc) is 3.97. The summed E-state index contributed by atoms with van der Waals surface area (Å²) in [6.07, 6.45) is 2.76. The van der Waals surface area contributed by atoms with E-state index < -0.39 is 121 Å². The normalized spacial score (nSPS) is 21.1. The highest BCUT2D eigenvalue weighted by atomic mass is 16.4. The molecule has 0 saturated carbocycles. The molecule has 21 heteroatoms. The first kappa shape index (κ1) is 47.0. The standard InChI is InChI=1S/C37H60N10O11/c1-5-21(4)31(35(55)42-19-30(51)46-13-8-11-26(46)37(57)58)44-34(54)25-10-6-12-45(25)29(50)18-41-33(53)24-9-7-14-47(24)36(56)23(15-20(2)3)43-28(49)17-40-32(52)22(38)16-27(39)48/h20-26,31H,5-19,38H2,1-4H3,(H2,39,48)(H,40,52)(H,41,53)(H,42,55)(H,43,49)(H,44,54)(H,57,58)/t21-,22-,23-,24-,25-,26-,31-/m0/s1. The van der Waals surface area contributed by atoms with Crippen molar-refractivity contribution in [2.75, 3.05) is 39.3 Å². The van der Waals surface area contributed by atoms with Gasteiger partial charge in [-0.15, -0.1) is 0 Å². The molecule has 21 nitrogen and oxygen atoms in total. The lowest BCUT2D eigenvalue weighted by Gasteiger charge is -2.30. The largest absolute Gasteiger partial charge is 0.480 e. The summed E-state index contributed by atoms with van der Waals surface area (Å²) in [6.45, 7) is 6.57. The van der Waals surface area contributed by atoms with Crippen molar-refractivity contribution in [2.45, 2.75) is 122 Å². The molecule has 58 heavy (non-hydrogen) atoms. The molecular formula is C37H60N10O11. The smallest absolute Gasteiger partial charge is 0.326 e. The Morgan fingerprint density at radius 1 is 0.690 bits per heavy atom. The van der Waals surface area contributed by atoms with Gasteiger partial charge in [0.25, 0.3) is 0 Å². The van der Waals surface area contributed by atoms with Gasteiger partial charge >= 0.3 is 5.97 Å². The van der Waals surface area contributed by atoms with E-state index in [0.717, 1.165) is 0 Å². The second-order valence-electron chi connectivity index (χ2n) is 15.6. The number of likely N-dealkylation sites (tertiary alicyclic amines) is 3. The third-order valence-electron chi connectivity index (χ3n) is 10.7. The molecule has 9 amide bonds. The van der Waals surface area contributed by atoms with Gasteiger partial charge in [0, 0.05) is 19.6 Å². The molecule has 0 spiro atoms. The van der Waals surface area contributed by atoms with Gasteiger partial charge < -0.3 is 57.9 Å². The first-order chi connectivity index (χ1) is 27.4. The van der Waals surface area contributed by atoms with Crippen LogP contribution in [0.15, 0.2) is 0 Å². The van der Waals surface area contributed by atoms with Crippen molar-refractivity contribution in [1.82, 2.24) is 41.3 Å². The maximum atomic E-state index is 13.7. The lowest BCUT2D eigenvalue weighted by Crippen LogP contribution is -2.57. The van der Waals surface area contributed by atoms with Crippen LogP contribution in [0, 0.1) is 11.8 Å². The zero-order valence-corrected chi connectivity index (χ0v) is 33.8. The Kier molecular flexibility index (Phi) is 17.8. The molecule has 0 aromatic rings. The number of nitrogens with zero attached hydrogens (tertiary/aromatic N) is 3. The summed E-state index contributed by atoms with van der Waals surface area (Å²) in [5, 5.41) is 22.2. The van der Waals surface area contributed by atoms with E-state index in [0.29, 0.717) is 44.9 Å². The van der Waals surface area contributed by atoms with Crippen molar-refractivity contribution in [3.8, 4) is 0 Å². The molecule has 324 valence electrons. The summed E-state index contributed by atoms with van der Waals surface area (Å²) in [5.41, 5.74) is 10.7. The number of hydrogen-bond donors (Lipinski definition) is 8. The summed E-state index contributed by atoms with van der Waals surface area (Å²) >= 11 is 0. The van der Waals surface area contributed by atoms with Crippen molar-refractivity contribution in [3.05, 3.63) is 0 Å². The maximum absolute atomic E-state index is 13.7. The van der Waals surface area contributed by atoms with Crippen LogP contribution in [0.4, 0.5) is 0 Å². The van der Waals surface area contributed by atoms with E-state index in [9.17, 15) is 53.1 Å². The number of carboxylic acids is 1. The molecule has 3 aliphatic heterocycles. The molecule has 0 bridgehead atoms. The van der Waals surface area contributed by atoms with Crippen molar-refractivity contribution in [1.29, 1.82) is 0 Å². The van der Waals surface area contributed by atoms with Gasteiger partial charge in [-0.3, -0.25) is 43.2 Å². The van der Waals surface area contributed by atoms with Crippen molar-refractivity contribution in [3.63, 3.8) is 0 Å². The Hall–Kier alpha value is -5.34. The van der Waals surface area contributed by atoms with E-state index in [1.165, 1.54) is 14.7 Å². The summed E-state index contributed by atoms with van der Waals surface area (Å²) in [7, 11) is 0. The molecule has 0 aromatic heterocycles. The van der Waals surface area contributed by atoms with Crippen LogP contribution in [0.3, 0.4) is 0 Å². The van der Waals surface area contributed by atoms with Crippen LogP contribution in [0.1, 0.15) is 85.5 Å². The van der Waals surface area contributed by atoms with E-state index in [2.05, 4.69) is 26.6 Å². The van der Waals surface area contributed by atoms with Crippen molar-refractivity contribution in [2.24, 2.45) is 23.3 Å². The first-order valence-electron chi connectivity index (χ1n) is 19.9. The van der Waals surface area contributed by atoms with Gasteiger partial charge in [-0.25, -0.2) is 4.79 Å². The maximum Gasteiger partial charge on any atom is 0.326 e. The van der Waals surface area contributed by atoms with Crippen molar-refractivity contribution >= 4 is 59.1 Å². The fraction of sp³-hybridized carbons (Fsp3) is 0.730. The van der Waals surface area contributed by atoms with Gasteiger partial charge in [0.05, 0.1) is 32.1 Å². The Morgan fingerprint density at radius 2 is 1.21 bits per heavy atom. The predicted molar refractivity (Wildman–Crippen MR) is 205 cm³/mol. The molecule has 10 N–H and O–H groups in total. The number of amides is 9. The van der Waals surface area contributed by atoms with Gasteiger partial charge in [0.1, 0.15) is 30.2 Å². The van der Waals surface area contributed by atoms with E-state index in [-0.39, 0.29) is 37.9 Å². The van der Waals surface area contributed by atoms with Gasteiger partial charge in [0.2, 0.25) is 53.2 Å². The fourth-order valence-corrected chi connectivity index (χ4v) is 7.42. The Labute approximate surface area is 337 Å². The Balaban J connectivity index is 1.57. The number of nitrogens with two attached hydrogens (primary N) is 2. The molecule has 0 unspecified atom stereocenters. The third kappa shape index (κ3) is 13.1. The fourth-order valence-electron chi connectivity index (χ4n) is 7.42. The minimum absolute atomic E-state index is 0.0432. The van der Waals surface area contributed by atoms with E-state index in [1.807, 2.05) is 20.8 Å². The molecule has 0 radical (unpaired) electrons. The van der Waals surface area contributed by atoms with Crippen LogP contribution in [0.2, 0.25) is 0 Å². The second-order valence-corrected chi connectivity index (χ2v) is 15.6. The van der Waals surface area contributed by atoms with Gasteiger partial charge in [0.15, 0.2) is 0 Å². The highest BCUT2D eigenvalue weighted by Crippen LogP contribution is 2.22. The van der Waals surface area contributed by atoms with Gasteiger partial charge in [-0.2, -0.15) is 0 Å². The number of carbonyl (C=O) groups is 10. The molecule has 7 atom stereocenters. The zero-order valence-electron chi connectivity index (χ0n) is 33.8. The number of carboxylic acid groups (broad SMARTS) is 1. The molecular weight excluding hydrogens is 760 g/mol. The summed E-state index contributed by atoms with van der Waals surface area (Å²) in [5.74, 6) is -7.14. The molecule has 0 aromatic carbocycles. The van der Waals surface area contributed by atoms with Crippen LogP contribution in [-0.4, -0.2) is 154 Å². The zero-order chi connectivity index (χ0) is 43.3. The van der Waals surface area contributed by atoms with Gasteiger partial charge in [-0.1, -0.05) is 34.1 Å². The van der Waals surface area contributed by atoms with Crippen LogP contribution in [0.25, 0.3) is 0 Å². The third-order valence-corrected chi connectivity index (χ3v) is 10.7. The lowest BCUT2D eigenvalue weighted by molar-refractivity contribution is -0.148. The topological polar surface area (TPSA) is 313 Å². The number of primary amides is 1. The monoisotopic (exact) mass is 820 g/mol. The van der Waals surface area contributed by atoms with Gasteiger partial charge in [-0.05, 0) is 56.8 Å². The summed E-state index contributed by atoms with van der Waals surface area (Å²) in [4.78, 5) is 131. The highest BCUT2D eigenvalue weighted by Gasteiger charge is 2.40. The highest BCUT2D eigenvalue weighted by molar-refractivity contribution is 5.97.